The van der Waals surface area contributed by atoms with Gasteiger partial charge in [0.1, 0.15) is 0 Å². The maximum absolute atomic E-state index is 8.79. The summed E-state index contributed by atoms with van der Waals surface area (Å²) in [6.07, 6.45) is 0. The number of hydrogen-bond donors (Lipinski definition) is 0. The predicted octanol–water partition coefficient (Wildman–Crippen LogP) is -0.313. The maximum atomic E-state index is 8.79. The molecular weight excluding hydrogens is 297 g/mol. The molecular formula is C13H9IN-. The van der Waals surface area contributed by atoms with Crippen molar-refractivity contribution in [2.24, 2.45) is 0 Å². The van der Waals surface area contributed by atoms with Gasteiger partial charge in [-0.05, 0) is 0 Å². The summed E-state index contributed by atoms with van der Waals surface area (Å²) in [4.78, 5) is 0. The standard InChI is InChI=1S/C13H9IN/c15-10-11-5-4-8-13(9-11)14-12-6-2-1-3-7-12/h1-9H/q-1. The van der Waals surface area contributed by atoms with Gasteiger partial charge in [0.25, 0.3) is 0 Å². The van der Waals surface area contributed by atoms with Crippen LogP contribution in [0.25, 0.3) is 0 Å². The molecule has 0 aliphatic rings. The van der Waals surface area contributed by atoms with Gasteiger partial charge in [-0.2, -0.15) is 0 Å². The number of rotatable bonds is 2. The van der Waals surface area contributed by atoms with Crippen molar-refractivity contribution >= 4 is 0 Å². The van der Waals surface area contributed by atoms with E-state index in [1.807, 2.05) is 24.3 Å². The Balaban J connectivity index is 2.22. The molecule has 0 fully saturated rings. The first-order chi connectivity index (χ1) is 7.38. The molecule has 2 rings (SSSR count). The zero-order valence-corrected chi connectivity index (χ0v) is 10.2. The molecule has 1 nitrogen and oxygen atoms in total. The van der Waals surface area contributed by atoms with Gasteiger partial charge in [0.15, 0.2) is 0 Å². The Morgan fingerprint density at radius 3 is 2.33 bits per heavy atom. The Kier molecular flexibility index (Phi) is 3.36. The summed E-state index contributed by atoms with van der Waals surface area (Å²) in [6, 6.07) is 20.5. The minimum atomic E-state index is -0.145. The molecule has 2 heteroatoms. The third-order valence-corrected chi connectivity index (χ3v) is 4.54. The molecule has 0 unspecified atom stereocenters. The molecule has 0 aliphatic heterocycles. The van der Waals surface area contributed by atoms with Crippen molar-refractivity contribution in [2.75, 3.05) is 0 Å². The predicted molar refractivity (Wildman–Crippen MR) is 55.0 cm³/mol. The van der Waals surface area contributed by atoms with Gasteiger partial charge in [-0.15, -0.1) is 0 Å². The van der Waals surface area contributed by atoms with Gasteiger partial charge in [0.2, 0.25) is 0 Å². The summed E-state index contributed by atoms with van der Waals surface area (Å²) < 4.78 is 2.67. The summed E-state index contributed by atoms with van der Waals surface area (Å²) in [5, 5.41) is 8.79. The molecule has 15 heavy (non-hydrogen) atoms. The van der Waals surface area contributed by atoms with E-state index in [0.717, 1.165) is 5.56 Å². The molecule has 0 N–H and O–H groups in total. The fourth-order valence-corrected chi connectivity index (χ4v) is 3.59. The summed E-state index contributed by atoms with van der Waals surface area (Å²) in [7, 11) is 0. The molecule has 2 aromatic rings. The van der Waals surface area contributed by atoms with Gasteiger partial charge in [-0.3, -0.25) is 0 Å². The van der Waals surface area contributed by atoms with Crippen molar-refractivity contribution in [3.05, 3.63) is 67.3 Å². The molecule has 2 aromatic carbocycles. The second kappa shape index (κ2) is 4.94. The van der Waals surface area contributed by atoms with Crippen LogP contribution in [0.4, 0.5) is 0 Å². The Labute approximate surface area is 99.6 Å². The zero-order chi connectivity index (χ0) is 10.5. The zero-order valence-electron chi connectivity index (χ0n) is 8.02. The minimum absolute atomic E-state index is 0.145. The van der Waals surface area contributed by atoms with E-state index in [2.05, 4.69) is 36.4 Å². The van der Waals surface area contributed by atoms with Gasteiger partial charge < -0.3 is 0 Å². The molecule has 0 aromatic heterocycles. The number of nitrogens with zero attached hydrogens (tertiary/aromatic N) is 1. The topological polar surface area (TPSA) is 23.8 Å². The molecule has 0 heterocycles. The van der Waals surface area contributed by atoms with Crippen LogP contribution in [0.1, 0.15) is 5.56 Å². The van der Waals surface area contributed by atoms with Crippen LogP contribution >= 0.6 is 0 Å². The Hall–Kier alpha value is -1.34. The van der Waals surface area contributed by atoms with Gasteiger partial charge in [-0.25, -0.2) is 0 Å². The van der Waals surface area contributed by atoms with E-state index in [4.69, 9.17) is 5.26 Å². The molecule has 0 radical (unpaired) electrons. The van der Waals surface area contributed by atoms with Crippen molar-refractivity contribution in [3.63, 3.8) is 0 Å². The number of hydrogen-bond acceptors (Lipinski definition) is 1. The van der Waals surface area contributed by atoms with E-state index in [0.29, 0.717) is 0 Å². The van der Waals surface area contributed by atoms with Crippen molar-refractivity contribution in [3.8, 4) is 6.07 Å². The van der Waals surface area contributed by atoms with Gasteiger partial charge >= 0.3 is 99.8 Å². The number of benzene rings is 2. The van der Waals surface area contributed by atoms with Crippen LogP contribution in [-0.2, 0) is 0 Å². The molecule has 0 saturated heterocycles. The SMILES string of the molecule is N#Cc1cccc([I-]c2ccccc2)c1. The summed E-state index contributed by atoms with van der Waals surface area (Å²) in [6.45, 7) is 0. The Morgan fingerprint density at radius 1 is 0.867 bits per heavy atom. The fraction of sp³-hybridized carbons (Fsp3) is 0. The number of nitriles is 1. The summed E-state index contributed by atoms with van der Waals surface area (Å²) >= 11 is -0.145. The average Bonchev–Trinajstić information content (AvgIpc) is 2.31. The van der Waals surface area contributed by atoms with Crippen LogP contribution in [0.15, 0.2) is 54.6 Å². The van der Waals surface area contributed by atoms with Gasteiger partial charge in [0, 0.05) is 0 Å². The normalized spacial score (nSPS) is 9.80. The van der Waals surface area contributed by atoms with Crippen LogP contribution in [-0.4, -0.2) is 0 Å². The quantitative estimate of drug-likeness (QED) is 0.698. The van der Waals surface area contributed by atoms with E-state index in [1.54, 1.807) is 0 Å². The van der Waals surface area contributed by atoms with Crippen LogP contribution in [0.5, 0.6) is 0 Å². The first-order valence-corrected chi connectivity index (χ1v) is 6.74. The van der Waals surface area contributed by atoms with Crippen LogP contribution < -0.4 is 21.2 Å². The summed E-state index contributed by atoms with van der Waals surface area (Å²) in [5.74, 6) is 0. The molecule has 0 saturated carbocycles. The van der Waals surface area contributed by atoms with Crippen molar-refractivity contribution in [2.45, 2.75) is 0 Å². The van der Waals surface area contributed by atoms with Crippen molar-refractivity contribution in [1.29, 1.82) is 5.26 Å². The van der Waals surface area contributed by atoms with Crippen LogP contribution in [0.3, 0.4) is 0 Å². The fourth-order valence-electron chi connectivity index (χ4n) is 1.22. The van der Waals surface area contributed by atoms with E-state index in [-0.39, 0.29) is 21.2 Å². The Bertz CT molecular complexity index is 485. The Morgan fingerprint density at radius 2 is 1.60 bits per heavy atom. The van der Waals surface area contributed by atoms with Crippen LogP contribution in [0, 0.1) is 18.5 Å². The molecule has 0 bridgehead atoms. The van der Waals surface area contributed by atoms with E-state index >= 15 is 0 Å². The summed E-state index contributed by atoms with van der Waals surface area (Å²) in [5.41, 5.74) is 0.753. The molecule has 0 aliphatic carbocycles. The van der Waals surface area contributed by atoms with E-state index < -0.39 is 0 Å². The van der Waals surface area contributed by atoms with Gasteiger partial charge in [0.05, 0.1) is 0 Å². The molecule has 74 valence electrons. The second-order valence-corrected chi connectivity index (χ2v) is 6.04. The van der Waals surface area contributed by atoms with Crippen molar-refractivity contribution < 1.29 is 21.2 Å². The first-order valence-electron chi connectivity index (χ1n) is 4.58. The first kappa shape index (κ1) is 10.2. The average molecular weight is 306 g/mol. The van der Waals surface area contributed by atoms with Crippen LogP contribution in [0.2, 0.25) is 0 Å². The molecule has 0 amide bonds. The monoisotopic (exact) mass is 306 g/mol. The third-order valence-electron chi connectivity index (χ3n) is 1.91. The molecule has 0 spiro atoms. The second-order valence-electron chi connectivity index (χ2n) is 3.01. The van der Waals surface area contributed by atoms with E-state index in [9.17, 15) is 0 Å². The third kappa shape index (κ3) is 2.80. The number of halogens is 1. The molecule has 0 atom stereocenters. The van der Waals surface area contributed by atoms with Gasteiger partial charge in [-0.1, -0.05) is 0 Å². The van der Waals surface area contributed by atoms with E-state index in [1.165, 1.54) is 7.14 Å². The van der Waals surface area contributed by atoms with Crippen molar-refractivity contribution in [1.82, 2.24) is 0 Å².